The zero-order chi connectivity index (χ0) is 30.0. The number of carboxylic acid groups (broad SMARTS) is 1. The number of rotatable bonds is 10. The molecule has 0 aliphatic carbocycles. The van der Waals surface area contributed by atoms with Gasteiger partial charge in [0.1, 0.15) is 16.2 Å². The van der Waals surface area contributed by atoms with E-state index < -0.39 is 39.8 Å². The standard InChI is InChI=1S/C28H24F6N2O4S/c1-26(2,25(37)38)41-21-8-5-17(6-9-21)14-36(15-19-4-3-11-39-19)16-20-13-24(35-40-20)22-10-7-18(27(29,30)31)12-23(22)28(32,33)34/h3-13H,14-16H2,1-2H3,(H,37,38). The van der Waals surface area contributed by atoms with E-state index in [0.29, 0.717) is 24.9 Å². The number of aliphatic carboxylic acids is 1. The summed E-state index contributed by atoms with van der Waals surface area (Å²) in [4.78, 5) is 14.1. The van der Waals surface area contributed by atoms with Crippen LogP contribution in [0, 0.1) is 0 Å². The molecule has 4 aromatic rings. The summed E-state index contributed by atoms with van der Waals surface area (Å²) in [5.74, 6) is -0.140. The van der Waals surface area contributed by atoms with Crippen molar-refractivity contribution in [3.63, 3.8) is 0 Å². The zero-order valence-electron chi connectivity index (χ0n) is 21.7. The van der Waals surface area contributed by atoms with Crippen molar-refractivity contribution in [2.75, 3.05) is 0 Å². The van der Waals surface area contributed by atoms with Crippen molar-refractivity contribution in [1.29, 1.82) is 0 Å². The second-order valence-corrected chi connectivity index (χ2v) is 11.4. The monoisotopic (exact) mass is 598 g/mol. The molecule has 2 aromatic carbocycles. The summed E-state index contributed by atoms with van der Waals surface area (Å²) in [6.45, 7) is 3.97. The van der Waals surface area contributed by atoms with Crippen LogP contribution in [0.1, 0.15) is 42.1 Å². The van der Waals surface area contributed by atoms with Gasteiger partial charge in [-0.25, -0.2) is 0 Å². The zero-order valence-corrected chi connectivity index (χ0v) is 22.5. The van der Waals surface area contributed by atoms with Gasteiger partial charge in [0.25, 0.3) is 0 Å². The lowest BCUT2D eigenvalue weighted by atomic mass is 10.0. The number of nitrogens with zero attached hydrogens (tertiary/aromatic N) is 2. The highest BCUT2D eigenvalue weighted by molar-refractivity contribution is 8.01. The molecule has 0 spiro atoms. The van der Waals surface area contributed by atoms with Gasteiger partial charge in [-0.05, 0) is 55.8 Å². The maximum absolute atomic E-state index is 13.7. The highest BCUT2D eigenvalue weighted by atomic mass is 32.2. The van der Waals surface area contributed by atoms with Crippen molar-refractivity contribution in [1.82, 2.24) is 10.1 Å². The minimum absolute atomic E-state index is 0.0619. The first-order valence-electron chi connectivity index (χ1n) is 12.1. The molecule has 0 atom stereocenters. The van der Waals surface area contributed by atoms with E-state index in [1.807, 2.05) is 17.0 Å². The Labute approximate surface area is 234 Å². The van der Waals surface area contributed by atoms with Gasteiger partial charge in [-0.3, -0.25) is 9.69 Å². The normalized spacial score (nSPS) is 12.7. The Hall–Kier alpha value is -3.71. The second kappa shape index (κ2) is 11.6. The molecule has 2 heterocycles. The molecule has 4 rings (SSSR count). The molecule has 0 radical (unpaired) electrons. The lowest BCUT2D eigenvalue weighted by Crippen LogP contribution is -2.26. The molecule has 0 unspecified atom stereocenters. The van der Waals surface area contributed by atoms with Crippen molar-refractivity contribution in [3.05, 3.63) is 95.1 Å². The van der Waals surface area contributed by atoms with Crippen molar-refractivity contribution >= 4 is 17.7 Å². The second-order valence-electron chi connectivity index (χ2n) is 9.72. The van der Waals surface area contributed by atoms with E-state index in [1.54, 1.807) is 38.1 Å². The molecule has 0 aliphatic rings. The lowest BCUT2D eigenvalue weighted by molar-refractivity contribution is -0.143. The molecule has 0 amide bonds. The molecule has 6 nitrogen and oxygen atoms in total. The number of halogens is 6. The van der Waals surface area contributed by atoms with Gasteiger partial charge in [0.05, 0.1) is 30.5 Å². The van der Waals surface area contributed by atoms with Crippen LogP contribution in [0.3, 0.4) is 0 Å². The first-order chi connectivity index (χ1) is 19.1. The number of carboxylic acids is 1. The van der Waals surface area contributed by atoms with Crippen LogP contribution in [0.4, 0.5) is 26.3 Å². The Morgan fingerprint density at radius 2 is 1.59 bits per heavy atom. The minimum atomic E-state index is -5.05. The highest BCUT2D eigenvalue weighted by Crippen LogP contribution is 2.41. The van der Waals surface area contributed by atoms with Crippen LogP contribution in [0.15, 0.2) is 80.8 Å². The summed E-state index contributed by atoms with van der Waals surface area (Å²) in [5.41, 5.74) is -2.81. The average molecular weight is 599 g/mol. The topological polar surface area (TPSA) is 79.7 Å². The molecule has 13 heteroatoms. The third-order valence-electron chi connectivity index (χ3n) is 6.04. The molecule has 1 N–H and O–H groups in total. The lowest BCUT2D eigenvalue weighted by Gasteiger charge is -2.21. The van der Waals surface area contributed by atoms with E-state index in [2.05, 4.69) is 5.16 Å². The smallest absolute Gasteiger partial charge is 0.417 e. The first kappa shape index (κ1) is 30.3. The number of alkyl halides is 6. The van der Waals surface area contributed by atoms with Crippen LogP contribution in [-0.4, -0.2) is 25.9 Å². The average Bonchev–Trinajstić information content (AvgIpc) is 3.56. The summed E-state index contributed by atoms with van der Waals surface area (Å²) in [5, 5.41) is 13.1. The van der Waals surface area contributed by atoms with Crippen molar-refractivity contribution in [3.8, 4) is 11.3 Å². The highest BCUT2D eigenvalue weighted by Gasteiger charge is 2.39. The number of benzene rings is 2. The largest absolute Gasteiger partial charge is 0.480 e. The van der Waals surface area contributed by atoms with E-state index in [-0.39, 0.29) is 24.1 Å². The quantitative estimate of drug-likeness (QED) is 0.146. The van der Waals surface area contributed by atoms with E-state index in [0.717, 1.165) is 16.5 Å². The van der Waals surface area contributed by atoms with Crippen molar-refractivity contribution in [2.24, 2.45) is 0 Å². The number of hydrogen-bond donors (Lipinski definition) is 1. The van der Waals surface area contributed by atoms with Gasteiger partial charge >= 0.3 is 18.3 Å². The molecular weight excluding hydrogens is 574 g/mol. The van der Waals surface area contributed by atoms with Gasteiger partial charge in [-0.1, -0.05) is 23.4 Å². The molecule has 0 bridgehead atoms. The fourth-order valence-corrected chi connectivity index (χ4v) is 4.91. The van der Waals surface area contributed by atoms with Crippen LogP contribution in [-0.2, 0) is 36.8 Å². The summed E-state index contributed by atoms with van der Waals surface area (Å²) >= 11 is 1.20. The van der Waals surface area contributed by atoms with Crippen LogP contribution in [0.25, 0.3) is 11.3 Å². The van der Waals surface area contributed by atoms with Gasteiger partial charge in [0.15, 0.2) is 5.76 Å². The summed E-state index contributed by atoms with van der Waals surface area (Å²) in [7, 11) is 0. The van der Waals surface area contributed by atoms with E-state index in [4.69, 9.17) is 8.94 Å². The molecular formula is C28H24F6N2O4S. The minimum Gasteiger partial charge on any atom is -0.480 e. The Kier molecular flexibility index (Phi) is 8.59. The van der Waals surface area contributed by atoms with Gasteiger partial charge in [0, 0.05) is 23.1 Å². The number of hydrogen-bond acceptors (Lipinski definition) is 6. The predicted octanol–water partition coefficient (Wildman–Crippen LogP) is 8.13. The first-order valence-corrected chi connectivity index (χ1v) is 12.9. The fraction of sp³-hybridized carbons (Fsp3) is 0.286. The molecule has 2 aromatic heterocycles. The summed E-state index contributed by atoms with van der Waals surface area (Å²) in [6, 6.07) is 13.4. The van der Waals surface area contributed by atoms with Crippen LogP contribution < -0.4 is 0 Å². The van der Waals surface area contributed by atoms with E-state index >= 15 is 0 Å². The molecule has 0 aliphatic heterocycles. The van der Waals surface area contributed by atoms with Gasteiger partial charge in [0.2, 0.25) is 0 Å². The number of furan rings is 1. The Morgan fingerprint density at radius 3 is 2.17 bits per heavy atom. The maximum atomic E-state index is 13.7. The van der Waals surface area contributed by atoms with Gasteiger partial charge < -0.3 is 14.0 Å². The van der Waals surface area contributed by atoms with E-state index in [9.17, 15) is 36.2 Å². The summed E-state index contributed by atoms with van der Waals surface area (Å²) < 4.78 is 89.9. The Bertz CT molecular complexity index is 1480. The number of thioether (sulfide) groups is 1. The van der Waals surface area contributed by atoms with Crippen molar-refractivity contribution in [2.45, 2.75) is 55.5 Å². The van der Waals surface area contributed by atoms with Crippen molar-refractivity contribution < 1.29 is 45.2 Å². The van der Waals surface area contributed by atoms with Crippen LogP contribution in [0.2, 0.25) is 0 Å². The summed E-state index contributed by atoms with van der Waals surface area (Å²) in [6.07, 6.45) is -8.49. The molecule has 218 valence electrons. The van der Waals surface area contributed by atoms with Gasteiger partial charge in [-0.15, -0.1) is 11.8 Å². The molecule has 0 fully saturated rings. The molecule has 0 saturated heterocycles. The SMILES string of the molecule is CC(C)(Sc1ccc(CN(Cc2ccco2)Cc2cc(-c3ccc(C(F)(F)F)cc3C(F)(F)F)no2)cc1)C(=O)O. The third-order valence-corrected chi connectivity index (χ3v) is 7.24. The van der Waals surface area contributed by atoms with Gasteiger partial charge in [-0.2, -0.15) is 26.3 Å². The molecule has 41 heavy (non-hydrogen) atoms. The molecule has 0 saturated carbocycles. The maximum Gasteiger partial charge on any atom is 0.417 e. The number of aromatic nitrogens is 1. The van der Waals surface area contributed by atoms with Crippen LogP contribution >= 0.6 is 11.8 Å². The third kappa shape index (κ3) is 7.73. The van der Waals surface area contributed by atoms with E-state index in [1.165, 1.54) is 24.1 Å². The number of carbonyl (C=O) groups is 1. The fourth-order valence-electron chi connectivity index (χ4n) is 3.96. The Morgan fingerprint density at radius 1 is 0.902 bits per heavy atom. The Balaban J connectivity index is 1.56. The van der Waals surface area contributed by atoms with Crippen LogP contribution in [0.5, 0.6) is 0 Å². The predicted molar refractivity (Wildman–Crippen MR) is 138 cm³/mol.